The van der Waals surface area contributed by atoms with E-state index in [1.807, 2.05) is 97.1 Å². The largest absolute Gasteiger partial charge is 0.346 e. The first kappa shape index (κ1) is 22.8. The molecule has 0 aromatic heterocycles. The van der Waals surface area contributed by atoms with Gasteiger partial charge in [-0.05, 0) is 53.6 Å². The van der Waals surface area contributed by atoms with E-state index in [-0.39, 0.29) is 0 Å². The van der Waals surface area contributed by atoms with Crippen LogP contribution >= 0.6 is 0 Å². The van der Waals surface area contributed by atoms with Gasteiger partial charge in [-0.1, -0.05) is 91.0 Å². The third kappa shape index (κ3) is 5.75. The van der Waals surface area contributed by atoms with Crippen LogP contribution in [0.5, 0.6) is 0 Å². The molecule has 0 aliphatic heterocycles. The van der Waals surface area contributed by atoms with E-state index < -0.39 is 0 Å². The van der Waals surface area contributed by atoms with Crippen LogP contribution in [0.4, 0.5) is 22.7 Å². The van der Waals surface area contributed by atoms with Crippen LogP contribution in [-0.4, -0.2) is 12.7 Å². The van der Waals surface area contributed by atoms with Gasteiger partial charge in [0.1, 0.15) is 0 Å². The number of anilines is 2. The number of hydrogen-bond donors (Lipinski definition) is 2. The fraction of sp³-hybridized carbons (Fsp3) is 0. The van der Waals surface area contributed by atoms with Crippen molar-refractivity contribution in [3.8, 4) is 22.3 Å². The lowest BCUT2D eigenvalue weighted by atomic mass is 9.97. The second-order valence-electron chi connectivity index (χ2n) is 8.15. The predicted molar refractivity (Wildman–Crippen MR) is 154 cm³/mol. The summed E-state index contributed by atoms with van der Waals surface area (Å²) in [5.41, 5.74) is 8.13. The van der Waals surface area contributed by atoms with Gasteiger partial charge >= 0.3 is 0 Å². The molecule has 0 unspecified atom stereocenters. The zero-order chi connectivity index (χ0) is 24.4. The number of rotatable bonds is 8. The number of aliphatic imine (C=N–C) groups is 2. The fourth-order valence-electron chi connectivity index (χ4n) is 3.94. The molecule has 36 heavy (non-hydrogen) atoms. The first-order valence-corrected chi connectivity index (χ1v) is 11.8. The van der Waals surface area contributed by atoms with Crippen molar-refractivity contribution in [3.05, 3.63) is 133 Å². The molecule has 174 valence electrons. The van der Waals surface area contributed by atoms with Crippen LogP contribution in [-0.2, 0) is 0 Å². The smallest absolute Gasteiger partial charge is 0.0930 e. The fourth-order valence-corrected chi connectivity index (χ4v) is 3.94. The molecule has 0 fully saturated rings. The Labute approximate surface area is 211 Å². The summed E-state index contributed by atoms with van der Waals surface area (Å²) in [4.78, 5) is 9.40. The highest BCUT2D eigenvalue weighted by molar-refractivity contribution is 5.87. The Morgan fingerprint density at radius 2 is 0.833 bits per heavy atom. The number of hydrogen-bond acceptors (Lipinski definition) is 2. The van der Waals surface area contributed by atoms with Gasteiger partial charge in [0.05, 0.1) is 24.1 Å². The summed E-state index contributed by atoms with van der Waals surface area (Å²) in [6.45, 7) is 0. The number of benzene rings is 5. The summed E-state index contributed by atoms with van der Waals surface area (Å²) >= 11 is 0. The SMILES string of the molecule is C(=Nc1ccccc1-c1cccc(-c2ccccc2N=CNc2ccccc2)c1)Nc1ccccc1. The van der Waals surface area contributed by atoms with E-state index in [2.05, 4.69) is 47.0 Å². The van der Waals surface area contributed by atoms with E-state index in [4.69, 9.17) is 9.98 Å². The molecule has 0 spiro atoms. The molecule has 0 amide bonds. The predicted octanol–water partition coefficient (Wildman–Crippen LogP) is 8.56. The van der Waals surface area contributed by atoms with E-state index in [9.17, 15) is 0 Å². The van der Waals surface area contributed by atoms with Crippen molar-refractivity contribution in [2.75, 3.05) is 10.6 Å². The van der Waals surface area contributed by atoms with Gasteiger partial charge in [-0.2, -0.15) is 0 Å². The van der Waals surface area contributed by atoms with Crippen molar-refractivity contribution >= 4 is 35.4 Å². The highest BCUT2D eigenvalue weighted by Gasteiger charge is 2.08. The Morgan fingerprint density at radius 3 is 1.31 bits per heavy atom. The topological polar surface area (TPSA) is 48.8 Å². The molecule has 5 aromatic rings. The molecule has 0 aliphatic rings. The molecule has 0 bridgehead atoms. The zero-order valence-electron chi connectivity index (χ0n) is 19.8. The van der Waals surface area contributed by atoms with Crippen LogP contribution in [0.1, 0.15) is 0 Å². The third-order valence-electron chi connectivity index (χ3n) is 5.71. The molecule has 0 saturated carbocycles. The summed E-state index contributed by atoms with van der Waals surface area (Å²) in [6.07, 6.45) is 3.48. The molecule has 0 heterocycles. The van der Waals surface area contributed by atoms with Gasteiger partial charge in [0, 0.05) is 22.5 Å². The van der Waals surface area contributed by atoms with E-state index in [1.165, 1.54) is 0 Å². The number of nitrogens with zero attached hydrogens (tertiary/aromatic N) is 2. The molecule has 0 atom stereocenters. The average molecular weight is 467 g/mol. The maximum Gasteiger partial charge on any atom is 0.0930 e. The molecular weight excluding hydrogens is 440 g/mol. The van der Waals surface area contributed by atoms with Gasteiger partial charge in [0.15, 0.2) is 0 Å². The van der Waals surface area contributed by atoms with Crippen LogP contribution in [0.25, 0.3) is 22.3 Å². The summed E-state index contributed by atoms with van der Waals surface area (Å²) in [6, 6.07) is 44.9. The minimum atomic E-state index is 0.899. The van der Waals surface area contributed by atoms with Gasteiger partial charge in [0.2, 0.25) is 0 Å². The van der Waals surface area contributed by atoms with Gasteiger partial charge in [0.25, 0.3) is 0 Å². The minimum absolute atomic E-state index is 0.899. The molecule has 2 N–H and O–H groups in total. The monoisotopic (exact) mass is 466 g/mol. The molecule has 4 nitrogen and oxygen atoms in total. The zero-order valence-corrected chi connectivity index (χ0v) is 19.8. The Balaban J connectivity index is 1.40. The van der Waals surface area contributed by atoms with E-state index in [0.717, 1.165) is 45.0 Å². The van der Waals surface area contributed by atoms with E-state index >= 15 is 0 Å². The Morgan fingerprint density at radius 1 is 0.417 bits per heavy atom. The lowest BCUT2D eigenvalue weighted by Gasteiger charge is -2.10. The van der Waals surface area contributed by atoms with Gasteiger partial charge in [-0.25, -0.2) is 9.98 Å². The molecule has 4 heteroatoms. The van der Waals surface area contributed by atoms with Crippen LogP contribution in [0.2, 0.25) is 0 Å². The van der Waals surface area contributed by atoms with Gasteiger partial charge < -0.3 is 10.6 Å². The Bertz CT molecular complexity index is 1360. The van der Waals surface area contributed by atoms with Crippen LogP contribution in [0, 0.1) is 0 Å². The van der Waals surface area contributed by atoms with E-state index in [0.29, 0.717) is 0 Å². The van der Waals surface area contributed by atoms with Crippen LogP contribution < -0.4 is 10.6 Å². The van der Waals surface area contributed by atoms with Crippen molar-refractivity contribution in [1.82, 2.24) is 0 Å². The number of para-hydroxylation sites is 4. The normalized spacial score (nSPS) is 11.1. The molecule has 0 saturated heterocycles. The second-order valence-corrected chi connectivity index (χ2v) is 8.15. The first-order chi connectivity index (χ1) is 17.9. The molecule has 5 aromatic carbocycles. The highest BCUT2D eigenvalue weighted by Crippen LogP contribution is 2.35. The molecule has 0 radical (unpaired) electrons. The second kappa shape index (κ2) is 11.4. The lowest BCUT2D eigenvalue weighted by molar-refractivity contribution is 1.49. The summed E-state index contributed by atoms with van der Waals surface area (Å²) < 4.78 is 0. The molecule has 0 aliphatic carbocycles. The van der Waals surface area contributed by atoms with E-state index in [1.54, 1.807) is 12.7 Å². The highest BCUT2D eigenvalue weighted by atomic mass is 14.9. The number of nitrogens with one attached hydrogen (secondary N) is 2. The minimum Gasteiger partial charge on any atom is -0.346 e. The van der Waals surface area contributed by atoms with Crippen molar-refractivity contribution in [2.24, 2.45) is 9.98 Å². The van der Waals surface area contributed by atoms with Crippen molar-refractivity contribution in [1.29, 1.82) is 0 Å². The quantitative estimate of drug-likeness (QED) is 0.178. The van der Waals surface area contributed by atoms with Crippen LogP contribution in [0.3, 0.4) is 0 Å². The van der Waals surface area contributed by atoms with Crippen molar-refractivity contribution in [3.63, 3.8) is 0 Å². The maximum atomic E-state index is 4.70. The Kier molecular flexibility index (Phi) is 7.26. The summed E-state index contributed by atoms with van der Waals surface area (Å²) in [7, 11) is 0. The third-order valence-corrected chi connectivity index (χ3v) is 5.71. The van der Waals surface area contributed by atoms with Gasteiger partial charge in [-0.3, -0.25) is 0 Å². The van der Waals surface area contributed by atoms with Gasteiger partial charge in [-0.15, -0.1) is 0 Å². The standard InChI is InChI=1S/C32H26N4/c1-3-14-27(15-4-1)33-23-35-31-20-9-7-18-29(31)25-12-11-13-26(22-25)30-19-8-10-21-32(30)36-24-34-28-16-5-2-6-17-28/h1-24H,(H,33,35)(H,34,36). The van der Waals surface area contributed by atoms with Crippen LogP contribution in [0.15, 0.2) is 143 Å². The lowest BCUT2D eigenvalue weighted by Crippen LogP contribution is -1.93. The Hall–Kier alpha value is -4.96. The maximum absolute atomic E-state index is 4.70. The molecule has 5 rings (SSSR count). The average Bonchev–Trinajstić information content (AvgIpc) is 2.95. The summed E-state index contributed by atoms with van der Waals surface area (Å²) in [5, 5.41) is 6.47. The summed E-state index contributed by atoms with van der Waals surface area (Å²) in [5.74, 6) is 0. The molecular formula is C32H26N4. The first-order valence-electron chi connectivity index (χ1n) is 11.8. The van der Waals surface area contributed by atoms with Crippen molar-refractivity contribution in [2.45, 2.75) is 0 Å². The van der Waals surface area contributed by atoms with Crippen molar-refractivity contribution < 1.29 is 0 Å².